The van der Waals surface area contributed by atoms with E-state index >= 15 is 0 Å². The first kappa shape index (κ1) is 22.0. The van der Waals surface area contributed by atoms with Crippen LogP contribution in [0, 0.1) is 0 Å². The molecule has 3 N–H and O–H groups in total. The Morgan fingerprint density at radius 2 is 1.38 bits per heavy atom. The van der Waals surface area contributed by atoms with Crippen molar-refractivity contribution in [1.29, 1.82) is 0 Å². The molecule has 3 aromatic carbocycles. The van der Waals surface area contributed by atoms with Gasteiger partial charge in [-0.1, -0.05) is 76.7 Å². The zero-order valence-corrected chi connectivity index (χ0v) is 18.1. The summed E-state index contributed by atoms with van der Waals surface area (Å²) >= 11 is 24.4. The molecule has 0 bridgehead atoms. The highest BCUT2D eigenvalue weighted by Gasteiger charge is 2.52. The van der Waals surface area contributed by atoms with Crippen LogP contribution < -0.4 is 0 Å². The van der Waals surface area contributed by atoms with Gasteiger partial charge in [-0.15, -0.1) is 0 Å². The topological polar surface area (TPSA) is 94.8 Å². The van der Waals surface area contributed by atoms with Gasteiger partial charge in [0.1, 0.15) is 5.75 Å². The minimum absolute atomic E-state index is 0.121. The predicted octanol–water partition coefficient (Wildman–Crippen LogP) is 5.89. The zero-order valence-electron chi connectivity index (χ0n) is 14.3. The van der Waals surface area contributed by atoms with Gasteiger partial charge in [0, 0.05) is 26.7 Å². The second-order valence-corrected chi connectivity index (χ2v) is 9.25. The first-order valence-electron chi connectivity index (χ1n) is 7.90. The summed E-state index contributed by atoms with van der Waals surface area (Å²) < 4.78 is 33.9. The monoisotopic (exact) mass is 492 g/mol. The lowest BCUT2D eigenvalue weighted by Crippen LogP contribution is -2.39. The number of hydrogen-bond donors (Lipinski definition) is 3. The normalized spacial score (nSPS) is 13.8. The molecule has 0 heterocycles. The molecular formula is C19H12Cl4O5S. The van der Waals surface area contributed by atoms with Crippen molar-refractivity contribution in [3.8, 4) is 11.5 Å². The third-order valence-corrected chi connectivity index (χ3v) is 7.10. The molecule has 3 rings (SSSR count). The number of para-hydroxylation sites is 1. The number of benzene rings is 3. The summed E-state index contributed by atoms with van der Waals surface area (Å²) in [6.07, 6.45) is 0. The number of halogens is 4. The predicted molar refractivity (Wildman–Crippen MR) is 114 cm³/mol. The van der Waals surface area contributed by atoms with Gasteiger partial charge in [-0.2, -0.15) is 8.42 Å². The smallest absolute Gasteiger partial charge is 0.283 e. The van der Waals surface area contributed by atoms with E-state index in [4.69, 9.17) is 46.4 Å². The van der Waals surface area contributed by atoms with E-state index in [9.17, 15) is 23.2 Å². The Balaban J connectivity index is 2.63. The molecule has 0 aliphatic rings. The van der Waals surface area contributed by atoms with Crippen molar-refractivity contribution in [2.45, 2.75) is 4.75 Å². The highest BCUT2D eigenvalue weighted by molar-refractivity contribution is 7.87. The summed E-state index contributed by atoms with van der Waals surface area (Å²) in [5.74, 6) is -1.05. The fourth-order valence-corrected chi connectivity index (χ4v) is 5.74. The van der Waals surface area contributed by atoms with E-state index in [1.807, 2.05) is 0 Å². The highest BCUT2D eigenvalue weighted by atomic mass is 35.5. The fourth-order valence-electron chi connectivity index (χ4n) is 3.21. The number of hydrogen-bond acceptors (Lipinski definition) is 4. The third kappa shape index (κ3) is 3.54. The van der Waals surface area contributed by atoms with E-state index in [0.717, 1.165) is 0 Å². The summed E-state index contributed by atoms with van der Waals surface area (Å²) in [6.45, 7) is 0. The quantitative estimate of drug-likeness (QED) is 0.311. The minimum atomic E-state index is -5.12. The van der Waals surface area contributed by atoms with E-state index < -0.39 is 31.4 Å². The van der Waals surface area contributed by atoms with E-state index in [0.29, 0.717) is 0 Å². The van der Waals surface area contributed by atoms with Crippen molar-refractivity contribution in [1.82, 2.24) is 0 Å². The summed E-state index contributed by atoms with van der Waals surface area (Å²) in [6, 6.07) is 11.8. The van der Waals surface area contributed by atoms with Gasteiger partial charge in [-0.3, -0.25) is 4.55 Å². The van der Waals surface area contributed by atoms with Crippen molar-refractivity contribution in [3.63, 3.8) is 0 Å². The summed E-state index contributed by atoms with van der Waals surface area (Å²) in [5, 5.41) is 20.3. The fraction of sp³-hybridized carbons (Fsp3) is 0.0526. The van der Waals surface area contributed by atoms with Crippen molar-refractivity contribution >= 4 is 56.5 Å². The van der Waals surface area contributed by atoms with Gasteiger partial charge in [0.05, 0.1) is 10.0 Å². The molecule has 10 heteroatoms. The second kappa shape index (κ2) is 7.87. The molecule has 0 fully saturated rings. The van der Waals surface area contributed by atoms with Crippen LogP contribution in [0.5, 0.6) is 11.5 Å². The number of phenolic OH excluding ortho intramolecular Hbond substituents is 2. The van der Waals surface area contributed by atoms with Crippen LogP contribution in [-0.4, -0.2) is 23.2 Å². The van der Waals surface area contributed by atoms with Crippen LogP contribution in [0.2, 0.25) is 20.1 Å². The van der Waals surface area contributed by atoms with Gasteiger partial charge >= 0.3 is 0 Å². The molecule has 0 saturated carbocycles. The summed E-state index contributed by atoms with van der Waals surface area (Å²) in [7, 11) is -5.12. The van der Waals surface area contributed by atoms with Crippen LogP contribution >= 0.6 is 46.4 Å². The standard InChI is InChI=1S/C19H12Cl4O5S/c20-10-5-6-11(15(22)9-10)19(29(26,27)28,12-3-1-2-4-16(12)24)13-7-8-14(21)18(25)17(13)23/h1-9,24-25H,(H,26,27,28). The molecule has 0 aliphatic heterocycles. The van der Waals surface area contributed by atoms with Gasteiger partial charge in [0.15, 0.2) is 10.5 Å². The van der Waals surface area contributed by atoms with Crippen LogP contribution in [0.3, 0.4) is 0 Å². The Morgan fingerprint density at radius 3 is 1.97 bits per heavy atom. The number of rotatable bonds is 4. The molecule has 0 amide bonds. The minimum Gasteiger partial charge on any atom is -0.508 e. The van der Waals surface area contributed by atoms with E-state index in [2.05, 4.69) is 0 Å². The van der Waals surface area contributed by atoms with Gasteiger partial charge in [-0.05, 0) is 24.3 Å². The highest BCUT2D eigenvalue weighted by Crippen LogP contribution is 2.53. The maximum atomic E-state index is 13.0. The Morgan fingerprint density at radius 1 is 0.759 bits per heavy atom. The lowest BCUT2D eigenvalue weighted by atomic mass is 9.83. The molecule has 0 aliphatic carbocycles. The molecular weight excluding hydrogens is 482 g/mol. The third-order valence-electron chi connectivity index (χ3n) is 4.43. The lowest BCUT2D eigenvalue weighted by Gasteiger charge is -2.34. The van der Waals surface area contributed by atoms with E-state index in [1.165, 1.54) is 54.6 Å². The Hall–Kier alpha value is -1.67. The van der Waals surface area contributed by atoms with E-state index in [1.54, 1.807) is 0 Å². The molecule has 1 unspecified atom stereocenters. The molecule has 0 saturated heterocycles. The summed E-state index contributed by atoms with van der Waals surface area (Å²) in [5.41, 5.74) is -0.652. The average Bonchev–Trinajstić information content (AvgIpc) is 2.63. The molecule has 0 aromatic heterocycles. The largest absolute Gasteiger partial charge is 0.508 e. The SMILES string of the molecule is O=S(=O)(O)C(c1ccccc1O)(c1ccc(Cl)cc1Cl)c1ccc(Cl)c(O)c1Cl. The van der Waals surface area contributed by atoms with Gasteiger partial charge in [-0.25, -0.2) is 0 Å². The first-order chi connectivity index (χ1) is 13.5. The van der Waals surface area contributed by atoms with Gasteiger partial charge in [0.2, 0.25) is 0 Å². The lowest BCUT2D eigenvalue weighted by molar-refractivity contribution is 0.439. The van der Waals surface area contributed by atoms with Crippen LogP contribution in [-0.2, 0) is 14.9 Å². The van der Waals surface area contributed by atoms with Crippen molar-refractivity contribution < 1.29 is 23.2 Å². The van der Waals surface area contributed by atoms with Crippen LogP contribution in [0.15, 0.2) is 54.6 Å². The van der Waals surface area contributed by atoms with Crippen LogP contribution in [0.4, 0.5) is 0 Å². The molecule has 3 aromatic rings. The van der Waals surface area contributed by atoms with Crippen molar-refractivity contribution in [2.24, 2.45) is 0 Å². The Kier molecular flexibility index (Phi) is 5.98. The van der Waals surface area contributed by atoms with E-state index in [-0.39, 0.29) is 31.8 Å². The Labute approximate surface area is 186 Å². The molecule has 1 atom stereocenters. The van der Waals surface area contributed by atoms with Crippen LogP contribution in [0.1, 0.15) is 16.7 Å². The van der Waals surface area contributed by atoms with Gasteiger partial charge in [0.25, 0.3) is 10.1 Å². The molecule has 0 radical (unpaired) electrons. The zero-order chi connectivity index (χ0) is 21.6. The first-order valence-corrected chi connectivity index (χ1v) is 10.9. The molecule has 0 spiro atoms. The van der Waals surface area contributed by atoms with Gasteiger partial charge < -0.3 is 10.2 Å². The molecule has 152 valence electrons. The number of phenols is 2. The van der Waals surface area contributed by atoms with Crippen molar-refractivity contribution in [3.05, 3.63) is 91.4 Å². The molecule has 5 nitrogen and oxygen atoms in total. The number of aromatic hydroxyl groups is 2. The maximum Gasteiger partial charge on any atom is 0.283 e. The average molecular weight is 494 g/mol. The maximum absolute atomic E-state index is 13.0. The summed E-state index contributed by atoms with van der Waals surface area (Å²) in [4.78, 5) is 0. The Bertz CT molecular complexity index is 1210. The molecule has 29 heavy (non-hydrogen) atoms. The van der Waals surface area contributed by atoms with Crippen molar-refractivity contribution in [2.75, 3.05) is 0 Å². The van der Waals surface area contributed by atoms with Crippen LogP contribution in [0.25, 0.3) is 0 Å². The second-order valence-electron chi connectivity index (χ2n) is 6.06.